The fraction of sp³-hybridized carbons (Fsp3) is 0.125. The third-order valence-corrected chi connectivity index (χ3v) is 5.85. The van der Waals surface area contributed by atoms with Crippen molar-refractivity contribution in [1.82, 2.24) is 18.9 Å². The summed E-state index contributed by atoms with van der Waals surface area (Å²) in [7, 11) is 1.70. The first-order valence-electron chi connectivity index (χ1n) is 7.28. The highest BCUT2D eigenvalue weighted by atomic mass is 35.5. The van der Waals surface area contributed by atoms with Crippen LogP contribution < -0.4 is 11.1 Å². The molecule has 4 rings (SSSR count). The van der Waals surface area contributed by atoms with Crippen molar-refractivity contribution in [2.45, 2.75) is 10.9 Å². The lowest BCUT2D eigenvalue weighted by Crippen LogP contribution is -2.19. The zero-order chi connectivity index (χ0) is 17.6. The Balaban J connectivity index is 1.69. The summed E-state index contributed by atoms with van der Waals surface area (Å²) in [5.41, 5.74) is 1.58. The van der Waals surface area contributed by atoms with Crippen LogP contribution in [0.25, 0.3) is 15.9 Å². The van der Waals surface area contributed by atoms with Crippen LogP contribution in [0.15, 0.2) is 50.6 Å². The van der Waals surface area contributed by atoms with Gasteiger partial charge in [0.05, 0.1) is 16.2 Å². The van der Waals surface area contributed by atoms with Crippen molar-refractivity contribution in [3.8, 4) is 0 Å². The number of thioether (sulfide) groups is 1. The van der Waals surface area contributed by atoms with E-state index in [0.29, 0.717) is 37.5 Å². The van der Waals surface area contributed by atoms with E-state index >= 15 is 0 Å². The first-order valence-corrected chi connectivity index (χ1v) is 9.52. The first kappa shape index (κ1) is 16.3. The monoisotopic (exact) mass is 390 g/mol. The number of fused-ring (bicyclic) bond motifs is 2. The number of nitrogens with zero attached hydrogens (tertiary/aromatic N) is 4. The molecule has 0 aliphatic heterocycles. The van der Waals surface area contributed by atoms with Crippen LogP contribution >= 0.6 is 34.7 Å². The smallest absolute Gasteiger partial charge is 0.271 e. The predicted octanol–water partition coefficient (Wildman–Crippen LogP) is 2.95. The minimum absolute atomic E-state index is 0.0660. The molecule has 4 heterocycles. The molecule has 0 atom stereocenters. The van der Waals surface area contributed by atoms with Crippen molar-refractivity contribution in [1.29, 1.82) is 0 Å². The molecule has 0 aliphatic carbocycles. The van der Waals surface area contributed by atoms with Gasteiger partial charge in [0.25, 0.3) is 11.1 Å². The summed E-state index contributed by atoms with van der Waals surface area (Å²) >= 11 is 8.67. The molecule has 6 nitrogen and oxygen atoms in total. The summed E-state index contributed by atoms with van der Waals surface area (Å²) in [4.78, 5) is 33.5. The van der Waals surface area contributed by atoms with Gasteiger partial charge in [-0.2, -0.15) is 0 Å². The molecule has 0 spiro atoms. The molecule has 4 aromatic rings. The Labute approximate surface area is 154 Å². The second-order valence-corrected chi connectivity index (χ2v) is 7.64. The predicted molar refractivity (Wildman–Crippen MR) is 101 cm³/mol. The van der Waals surface area contributed by atoms with Gasteiger partial charge < -0.3 is 0 Å². The molecule has 0 radical (unpaired) electrons. The first-order chi connectivity index (χ1) is 12.0. The van der Waals surface area contributed by atoms with Gasteiger partial charge in [-0.15, -0.1) is 11.3 Å². The van der Waals surface area contributed by atoms with Crippen LogP contribution in [0.1, 0.15) is 5.69 Å². The maximum absolute atomic E-state index is 12.3. The maximum atomic E-state index is 12.3. The lowest BCUT2D eigenvalue weighted by molar-refractivity contribution is 0.727. The Morgan fingerprint density at radius 2 is 2.08 bits per heavy atom. The van der Waals surface area contributed by atoms with Gasteiger partial charge >= 0.3 is 0 Å². The molecule has 4 aromatic heterocycles. The van der Waals surface area contributed by atoms with Crippen LogP contribution in [0.4, 0.5) is 0 Å². The molecule has 0 saturated carbocycles. The van der Waals surface area contributed by atoms with E-state index in [0.717, 1.165) is 0 Å². The van der Waals surface area contributed by atoms with Crippen molar-refractivity contribution < 1.29 is 0 Å². The normalized spacial score (nSPS) is 11.4. The molecule has 0 unspecified atom stereocenters. The molecule has 0 saturated heterocycles. The summed E-state index contributed by atoms with van der Waals surface area (Å²) in [5, 5.41) is 2.92. The number of hydrogen-bond donors (Lipinski definition) is 0. The molecule has 0 aliphatic rings. The molecule has 0 aromatic carbocycles. The third kappa shape index (κ3) is 2.97. The number of rotatable bonds is 3. The molecule has 9 heteroatoms. The van der Waals surface area contributed by atoms with Crippen molar-refractivity contribution in [3.63, 3.8) is 0 Å². The molecule has 0 fully saturated rings. The molecular formula is C16H11ClN4O2S2. The van der Waals surface area contributed by atoms with Gasteiger partial charge in [0.1, 0.15) is 10.3 Å². The van der Waals surface area contributed by atoms with Crippen LogP contribution in [-0.2, 0) is 12.8 Å². The number of pyridine rings is 1. The number of hydrogen-bond acceptors (Lipinski definition) is 6. The fourth-order valence-corrected chi connectivity index (χ4v) is 4.27. The maximum Gasteiger partial charge on any atom is 0.271 e. The minimum Gasteiger partial charge on any atom is -0.290 e. The summed E-state index contributed by atoms with van der Waals surface area (Å²) in [5.74, 6) is 0.435. The van der Waals surface area contributed by atoms with Crippen LogP contribution in [0.2, 0.25) is 5.02 Å². The van der Waals surface area contributed by atoms with E-state index in [9.17, 15) is 9.59 Å². The van der Waals surface area contributed by atoms with Gasteiger partial charge in [0, 0.05) is 25.1 Å². The SMILES string of the molecule is Cn1c(SCc2cc(=O)n3cc(Cl)ccc3n2)nc2ccsc2c1=O. The molecule has 25 heavy (non-hydrogen) atoms. The van der Waals surface area contributed by atoms with Crippen LogP contribution in [-0.4, -0.2) is 18.9 Å². The Kier molecular flexibility index (Phi) is 4.10. The lowest BCUT2D eigenvalue weighted by atomic mass is 10.4. The summed E-state index contributed by atoms with van der Waals surface area (Å²) in [6, 6.07) is 6.69. The van der Waals surface area contributed by atoms with Crippen LogP contribution in [0.5, 0.6) is 0 Å². The van der Waals surface area contributed by atoms with E-state index in [-0.39, 0.29) is 11.1 Å². The van der Waals surface area contributed by atoms with E-state index in [1.807, 2.05) is 11.4 Å². The second kappa shape index (κ2) is 6.29. The highest BCUT2D eigenvalue weighted by molar-refractivity contribution is 7.98. The quantitative estimate of drug-likeness (QED) is 0.397. The topological polar surface area (TPSA) is 69.3 Å². The van der Waals surface area contributed by atoms with Crippen molar-refractivity contribution in [2.24, 2.45) is 7.05 Å². The van der Waals surface area contributed by atoms with Gasteiger partial charge in [-0.1, -0.05) is 23.4 Å². The molecule has 0 amide bonds. The van der Waals surface area contributed by atoms with Crippen molar-refractivity contribution in [3.05, 3.63) is 67.3 Å². The zero-order valence-corrected chi connectivity index (χ0v) is 15.4. The standard InChI is InChI=1S/C16H11ClN4O2S2/c1-20-15(23)14-11(4-5-24-14)19-16(20)25-8-10-6-13(22)21-7-9(17)2-3-12(21)18-10/h2-7H,8H2,1H3. The summed E-state index contributed by atoms with van der Waals surface area (Å²) in [6.07, 6.45) is 1.54. The molecule has 126 valence electrons. The van der Waals surface area contributed by atoms with E-state index in [2.05, 4.69) is 9.97 Å². The van der Waals surface area contributed by atoms with E-state index in [4.69, 9.17) is 11.6 Å². The van der Waals surface area contributed by atoms with E-state index in [1.165, 1.54) is 38.1 Å². The molecule has 0 N–H and O–H groups in total. The Hall–Kier alpha value is -2.16. The Bertz CT molecular complexity index is 1230. The van der Waals surface area contributed by atoms with E-state index in [1.54, 1.807) is 25.4 Å². The van der Waals surface area contributed by atoms with Gasteiger partial charge in [-0.3, -0.25) is 18.6 Å². The number of thiophene rings is 1. The summed E-state index contributed by atoms with van der Waals surface area (Å²) in [6.45, 7) is 0. The zero-order valence-electron chi connectivity index (χ0n) is 13.0. The van der Waals surface area contributed by atoms with Crippen LogP contribution in [0.3, 0.4) is 0 Å². The third-order valence-electron chi connectivity index (χ3n) is 3.67. The second-order valence-electron chi connectivity index (χ2n) is 5.34. The minimum atomic E-state index is -0.196. The van der Waals surface area contributed by atoms with Gasteiger partial charge in [0.2, 0.25) is 0 Å². The fourth-order valence-electron chi connectivity index (χ4n) is 2.44. The molecular weight excluding hydrogens is 380 g/mol. The number of halogens is 1. The van der Waals surface area contributed by atoms with Gasteiger partial charge in [-0.05, 0) is 23.6 Å². The molecule has 0 bridgehead atoms. The largest absolute Gasteiger partial charge is 0.290 e. The van der Waals surface area contributed by atoms with E-state index < -0.39 is 0 Å². The van der Waals surface area contributed by atoms with Crippen molar-refractivity contribution >= 4 is 50.6 Å². The average molecular weight is 391 g/mol. The Morgan fingerprint density at radius 3 is 2.92 bits per heavy atom. The highest BCUT2D eigenvalue weighted by Gasteiger charge is 2.11. The Morgan fingerprint density at radius 1 is 1.24 bits per heavy atom. The van der Waals surface area contributed by atoms with Crippen LogP contribution in [0, 0.1) is 0 Å². The average Bonchev–Trinajstić information content (AvgIpc) is 3.06. The summed E-state index contributed by atoms with van der Waals surface area (Å²) < 4.78 is 3.57. The van der Waals surface area contributed by atoms with Crippen molar-refractivity contribution in [2.75, 3.05) is 0 Å². The number of aromatic nitrogens is 4. The van der Waals surface area contributed by atoms with Gasteiger partial charge in [-0.25, -0.2) is 9.97 Å². The lowest BCUT2D eigenvalue weighted by Gasteiger charge is -2.07. The highest BCUT2D eigenvalue weighted by Crippen LogP contribution is 2.22. The van der Waals surface area contributed by atoms with Gasteiger partial charge in [0.15, 0.2) is 5.16 Å².